The number of sulfone groups is 1. The van der Waals surface area contributed by atoms with Gasteiger partial charge in [0.1, 0.15) is 5.75 Å². The summed E-state index contributed by atoms with van der Waals surface area (Å²) in [4.78, 5) is 14.4. The van der Waals surface area contributed by atoms with Crippen LogP contribution in [0.5, 0.6) is 5.75 Å². The van der Waals surface area contributed by atoms with Gasteiger partial charge in [-0.05, 0) is 66.4 Å². The van der Waals surface area contributed by atoms with E-state index in [0.29, 0.717) is 27.4 Å². The molecule has 29 heavy (non-hydrogen) atoms. The molecule has 0 bridgehead atoms. The van der Waals surface area contributed by atoms with Gasteiger partial charge in [-0.2, -0.15) is 0 Å². The number of hydrogen-bond donors (Lipinski definition) is 1. The smallest absolute Gasteiger partial charge is 0.261 e. The lowest BCUT2D eigenvalue weighted by Crippen LogP contribution is -2.21. The van der Waals surface area contributed by atoms with Gasteiger partial charge in [-0.3, -0.25) is 4.79 Å². The standard InChI is InChI=1S/C22H21NO4S2/c1-13-7-18-20(8-14(13)2)29(25,26)12-16-10-19(28-21(16)18)22(24)23-11-15-5-4-6-17(9-15)27-3/h4-10H,11-12H2,1-3H3,(H,23,24). The maximum atomic E-state index is 12.7. The molecular formula is C22H21NO4S2. The van der Waals surface area contributed by atoms with E-state index in [1.54, 1.807) is 19.2 Å². The third-order valence-corrected chi connectivity index (χ3v) is 8.05. The number of hydrogen-bond acceptors (Lipinski definition) is 5. The highest BCUT2D eigenvalue weighted by Gasteiger charge is 2.31. The Bertz CT molecular complexity index is 1230. The Morgan fingerprint density at radius 3 is 2.66 bits per heavy atom. The van der Waals surface area contributed by atoms with E-state index >= 15 is 0 Å². The lowest BCUT2D eigenvalue weighted by Gasteiger charge is -2.18. The third kappa shape index (κ3) is 3.68. The molecule has 2 heterocycles. The number of carbonyl (C=O) groups is 1. The molecule has 0 saturated heterocycles. The maximum absolute atomic E-state index is 12.7. The van der Waals surface area contributed by atoms with Crippen molar-refractivity contribution in [3.05, 3.63) is 69.6 Å². The molecule has 0 spiro atoms. The van der Waals surface area contributed by atoms with Gasteiger partial charge in [0.05, 0.1) is 22.6 Å². The minimum atomic E-state index is -3.41. The van der Waals surface area contributed by atoms with Crippen molar-refractivity contribution in [1.82, 2.24) is 5.32 Å². The number of aryl methyl sites for hydroxylation is 2. The van der Waals surface area contributed by atoms with Crippen molar-refractivity contribution >= 4 is 27.1 Å². The first-order chi connectivity index (χ1) is 13.8. The first-order valence-electron chi connectivity index (χ1n) is 9.16. The summed E-state index contributed by atoms with van der Waals surface area (Å²) in [6.07, 6.45) is 0. The molecule has 0 atom stereocenters. The van der Waals surface area contributed by atoms with E-state index in [4.69, 9.17) is 4.74 Å². The zero-order valence-electron chi connectivity index (χ0n) is 16.4. The van der Waals surface area contributed by atoms with E-state index in [1.807, 2.05) is 44.2 Å². The summed E-state index contributed by atoms with van der Waals surface area (Å²) in [6, 6.07) is 12.9. The number of amides is 1. The fourth-order valence-electron chi connectivity index (χ4n) is 3.43. The molecule has 7 heteroatoms. The van der Waals surface area contributed by atoms with Crippen LogP contribution < -0.4 is 10.1 Å². The predicted octanol–water partition coefficient (Wildman–Crippen LogP) is 4.26. The summed E-state index contributed by atoms with van der Waals surface area (Å²) in [6.45, 7) is 4.24. The van der Waals surface area contributed by atoms with Crippen LogP contribution in [0.4, 0.5) is 0 Å². The Labute approximate surface area is 174 Å². The van der Waals surface area contributed by atoms with E-state index in [1.165, 1.54) is 11.3 Å². The van der Waals surface area contributed by atoms with Crippen molar-refractivity contribution in [3.8, 4) is 16.2 Å². The van der Waals surface area contributed by atoms with Crippen LogP contribution in [0.25, 0.3) is 10.4 Å². The van der Waals surface area contributed by atoms with Crippen LogP contribution in [0.3, 0.4) is 0 Å². The van der Waals surface area contributed by atoms with Gasteiger partial charge in [-0.15, -0.1) is 11.3 Å². The molecule has 1 aromatic heterocycles. The highest BCUT2D eigenvalue weighted by atomic mass is 32.2. The number of nitrogens with one attached hydrogen (secondary N) is 1. The Kier molecular flexibility index (Phi) is 4.96. The zero-order valence-corrected chi connectivity index (χ0v) is 18.0. The van der Waals surface area contributed by atoms with E-state index in [0.717, 1.165) is 27.3 Å². The minimum absolute atomic E-state index is 0.0719. The van der Waals surface area contributed by atoms with Crippen LogP contribution >= 0.6 is 11.3 Å². The highest BCUT2D eigenvalue weighted by molar-refractivity contribution is 7.91. The Hall–Kier alpha value is -2.64. The van der Waals surface area contributed by atoms with E-state index in [-0.39, 0.29) is 11.7 Å². The van der Waals surface area contributed by atoms with Crippen molar-refractivity contribution in [3.63, 3.8) is 0 Å². The van der Waals surface area contributed by atoms with Crippen molar-refractivity contribution in [2.45, 2.75) is 31.0 Å². The fourth-order valence-corrected chi connectivity index (χ4v) is 6.36. The van der Waals surface area contributed by atoms with E-state index in [2.05, 4.69) is 5.32 Å². The fraction of sp³-hybridized carbons (Fsp3) is 0.227. The van der Waals surface area contributed by atoms with Crippen LogP contribution in [-0.4, -0.2) is 21.4 Å². The van der Waals surface area contributed by atoms with Gasteiger partial charge in [0, 0.05) is 17.0 Å². The molecule has 0 unspecified atom stereocenters. The van der Waals surface area contributed by atoms with Gasteiger partial charge in [0.2, 0.25) is 0 Å². The number of thiophene rings is 1. The molecule has 0 saturated carbocycles. The number of fused-ring (bicyclic) bond motifs is 3. The summed E-state index contributed by atoms with van der Waals surface area (Å²) in [5.74, 6) is 0.447. The van der Waals surface area contributed by atoms with Crippen molar-refractivity contribution in [2.24, 2.45) is 0 Å². The van der Waals surface area contributed by atoms with Gasteiger partial charge >= 0.3 is 0 Å². The topological polar surface area (TPSA) is 72.5 Å². The SMILES string of the molecule is COc1cccc(CNC(=O)c2cc3c(s2)-c2cc(C)c(C)cc2S(=O)(=O)C3)c1. The molecule has 1 N–H and O–H groups in total. The minimum Gasteiger partial charge on any atom is -0.497 e. The average molecular weight is 428 g/mol. The van der Waals surface area contributed by atoms with Gasteiger partial charge in [0.25, 0.3) is 5.91 Å². The molecule has 4 rings (SSSR count). The normalized spacial score (nSPS) is 14.0. The molecule has 3 aromatic rings. The highest BCUT2D eigenvalue weighted by Crippen LogP contribution is 2.43. The number of rotatable bonds is 4. The lowest BCUT2D eigenvalue weighted by atomic mass is 10.0. The Morgan fingerprint density at radius 1 is 1.14 bits per heavy atom. The summed E-state index contributed by atoms with van der Waals surface area (Å²) in [5.41, 5.74) is 4.30. The van der Waals surface area contributed by atoms with Gasteiger partial charge in [-0.25, -0.2) is 8.42 Å². The monoisotopic (exact) mass is 427 g/mol. The first kappa shape index (κ1) is 19.7. The number of benzene rings is 2. The summed E-state index contributed by atoms with van der Waals surface area (Å²) in [5, 5.41) is 2.91. The van der Waals surface area contributed by atoms with Gasteiger partial charge < -0.3 is 10.1 Å². The summed E-state index contributed by atoms with van der Waals surface area (Å²) in [7, 11) is -1.81. The van der Waals surface area contributed by atoms with Crippen molar-refractivity contribution < 1.29 is 17.9 Å². The lowest BCUT2D eigenvalue weighted by molar-refractivity contribution is 0.0955. The zero-order chi connectivity index (χ0) is 20.8. The van der Waals surface area contributed by atoms with E-state index < -0.39 is 9.84 Å². The van der Waals surface area contributed by atoms with Crippen LogP contribution in [0.15, 0.2) is 47.4 Å². The predicted molar refractivity (Wildman–Crippen MR) is 114 cm³/mol. The molecule has 0 aliphatic carbocycles. The molecule has 0 fully saturated rings. The average Bonchev–Trinajstić information content (AvgIpc) is 3.11. The largest absolute Gasteiger partial charge is 0.497 e. The van der Waals surface area contributed by atoms with E-state index in [9.17, 15) is 13.2 Å². The second-order valence-electron chi connectivity index (χ2n) is 7.19. The number of carbonyl (C=O) groups excluding carboxylic acids is 1. The van der Waals surface area contributed by atoms with Crippen LogP contribution in [0, 0.1) is 13.8 Å². The number of ether oxygens (including phenoxy) is 1. The molecule has 1 aliphatic heterocycles. The number of methoxy groups -OCH3 is 1. The van der Waals surface area contributed by atoms with Crippen LogP contribution in [0.2, 0.25) is 0 Å². The van der Waals surface area contributed by atoms with Gasteiger partial charge in [-0.1, -0.05) is 12.1 Å². The van der Waals surface area contributed by atoms with Crippen LogP contribution in [0.1, 0.15) is 31.9 Å². The molecule has 150 valence electrons. The quantitative estimate of drug-likeness (QED) is 0.675. The van der Waals surface area contributed by atoms with Crippen molar-refractivity contribution in [2.75, 3.05) is 7.11 Å². The third-order valence-electron chi connectivity index (χ3n) is 5.14. The first-order valence-corrected chi connectivity index (χ1v) is 11.6. The molecule has 2 aromatic carbocycles. The second-order valence-corrected chi connectivity index (χ2v) is 10.2. The Balaban J connectivity index is 1.63. The van der Waals surface area contributed by atoms with Crippen molar-refractivity contribution in [1.29, 1.82) is 0 Å². The molecule has 1 amide bonds. The van der Waals surface area contributed by atoms with Crippen LogP contribution in [-0.2, 0) is 22.1 Å². The Morgan fingerprint density at radius 2 is 1.90 bits per heavy atom. The maximum Gasteiger partial charge on any atom is 0.261 e. The molecule has 0 radical (unpaired) electrons. The van der Waals surface area contributed by atoms with Gasteiger partial charge in [0.15, 0.2) is 9.84 Å². The summed E-state index contributed by atoms with van der Waals surface area (Å²) >= 11 is 1.34. The molecular weight excluding hydrogens is 406 g/mol. The second kappa shape index (κ2) is 7.31. The summed E-state index contributed by atoms with van der Waals surface area (Å²) < 4.78 is 30.7. The molecule has 5 nitrogen and oxygen atoms in total. The molecule has 1 aliphatic rings.